The molecule has 0 rings (SSSR count). The van der Waals surface area contributed by atoms with E-state index >= 15 is 0 Å². The minimum atomic E-state index is -3.34. The summed E-state index contributed by atoms with van der Waals surface area (Å²) in [6, 6.07) is 0. The summed E-state index contributed by atoms with van der Waals surface area (Å²) in [5.74, 6) is -2.63. The van der Waals surface area contributed by atoms with Gasteiger partial charge in [-0.25, -0.2) is 8.42 Å². The summed E-state index contributed by atoms with van der Waals surface area (Å²) in [4.78, 5) is 35.5. The predicted molar refractivity (Wildman–Crippen MR) is 113 cm³/mol. The van der Waals surface area contributed by atoms with Crippen molar-refractivity contribution in [2.75, 3.05) is 24.6 Å². The number of sulfone groups is 1. The van der Waals surface area contributed by atoms with Gasteiger partial charge in [-0.3, -0.25) is 14.4 Å². The van der Waals surface area contributed by atoms with Gasteiger partial charge in [-0.05, 0) is 32.6 Å². The Morgan fingerprint density at radius 2 is 1.52 bits per heavy atom. The van der Waals surface area contributed by atoms with Crippen LogP contribution in [0.2, 0.25) is 0 Å². The Morgan fingerprint density at radius 1 is 0.966 bits per heavy atom. The molecule has 0 aromatic heterocycles. The van der Waals surface area contributed by atoms with Gasteiger partial charge in [-0.15, -0.1) is 0 Å². The van der Waals surface area contributed by atoms with Gasteiger partial charge in [0, 0.05) is 43.8 Å². The standard InChI is InChI=1S/C20H38N2O6S/c1-19(2,3)14-16(23)13-15(7-8-17(24)25)18(26)21-9-11-29(27,28)12-10-22-20(4,5)6/h15,22H,7-14H2,1-6H3,(H,21,26)(H,24,25)/t15-/m0/s1. The molecule has 0 aliphatic heterocycles. The molecule has 29 heavy (non-hydrogen) atoms. The molecule has 0 saturated carbocycles. The molecule has 0 unspecified atom stereocenters. The number of Topliss-reactive ketones (excluding diaryl/α,β-unsaturated/α-hetero) is 1. The topological polar surface area (TPSA) is 130 Å². The van der Waals surface area contributed by atoms with Crippen LogP contribution in [0.25, 0.3) is 0 Å². The molecule has 0 heterocycles. The SMILES string of the molecule is CC(C)(C)CC(=O)C[C@H](CCC(=O)O)C(=O)NCCS(=O)(=O)CCNC(C)(C)C. The molecule has 3 N–H and O–H groups in total. The lowest BCUT2D eigenvalue weighted by Gasteiger charge is -2.21. The number of nitrogens with one attached hydrogen (secondary N) is 2. The lowest BCUT2D eigenvalue weighted by molar-refractivity contribution is -0.138. The Morgan fingerprint density at radius 3 is 2.00 bits per heavy atom. The molecule has 1 atom stereocenters. The Hall–Kier alpha value is -1.48. The van der Waals surface area contributed by atoms with Gasteiger partial charge < -0.3 is 15.7 Å². The summed E-state index contributed by atoms with van der Waals surface area (Å²) in [6.45, 7) is 11.8. The van der Waals surface area contributed by atoms with Gasteiger partial charge in [0.2, 0.25) is 5.91 Å². The van der Waals surface area contributed by atoms with E-state index in [1.165, 1.54) is 0 Å². The third-order valence-electron chi connectivity index (χ3n) is 4.06. The number of hydrogen-bond donors (Lipinski definition) is 3. The fourth-order valence-electron chi connectivity index (χ4n) is 2.72. The van der Waals surface area contributed by atoms with Gasteiger partial charge in [0.15, 0.2) is 9.84 Å². The third kappa shape index (κ3) is 16.0. The van der Waals surface area contributed by atoms with E-state index in [0.717, 1.165) is 0 Å². The number of carbonyl (C=O) groups is 3. The van der Waals surface area contributed by atoms with Crippen LogP contribution in [0.4, 0.5) is 0 Å². The molecule has 170 valence electrons. The number of amides is 1. The number of carbonyl (C=O) groups excluding carboxylic acids is 2. The zero-order valence-corrected chi connectivity index (χ0v) is 19.4. The molecule has 0 radical (unpaired) electrons. The first kappa shape index (κ1) is 27.5. The average Bonchev–Trinajstić information content (AvgIpc) is 2.47. The van der Waals surface area contributed by atoms with E-state index in [-0.39, 0.29) is 54.1 Å². The van der Waals surface area contributed by atoms with Crippen molar-refractivity contribution >= 4 is 27.5 Å². The number of carboxylic acids is 1. The molecule has 0 spiro atoms. The molecule has 0 aromatic carbocycles. The van der Waals surface area contributed by atoms with E-state index in [2.05, 4.69) is 10.6 Å². The van der Waals surface area contributed by atoms with Crippen LogP contribution in [-0.2, 0) is 24.2 Å². The second-order valence-electron chi connectivity index (χ2n) is 9.73. The smallest absolute Gasteiger partial charge is 0.303 e. The number of ketones is 1. The van der Waals surface area contributed by atoms with E-state index in [1.807, 2.05) is 41.5 Å². The lowest BCUT2D eigenvalue weighted by Crippen LogP contribution is -2.40. The maximum Gasteiger partial charge on any atom is 0.303 e. The number of rotatable bonds is 13. The largest absolute Gasteiger partial charge is 0.481 e. The first-order chi connectivity index (χ1) is 13.0. The number of hydrogen-bond acceptors (Lipinski definition) is 6. The minimum absolute atomic E-state index is 0.0351. The normalized spacial score (nSPS) is 13.7. The van der Waals surface area contributed by atoms with Crippen molar-refractivity contribution in [2.45, 2.75) is 72.8 Å². The second-order valence-corrected chi connectivity index (χ2v) is 12.0. The van der Waals surface area contributed by atoms with E-state index in [4.69, 9.17) is 5.11 Å². The fourth-order valence-corrected chi connectivity index (χ4v) is 3.75. The van der Waals surface area contributed by atoms with E-state index < -0.39 is 27.6 Å². The molecule has 0 aromatic rings. The zero-order valence-electron chi connectivity index (χ0n) is 18.6. The monoisotopic (exact) mass is 434 g/mol. The third-order valence-corrected chi connectivity index (χ3v) is 5.71. The summed E-state index contributed by atoms with van der Waals surface area (Å²) in [5, 5.41) is 14.5. The lowest BCUT2D eigenvalue weighted by atomic mass is 9.86. The van der Waals surface area contributed by atoms with Gasteiger partial charge in [0.25, 0.3) is 0 Å². The van der Waals surface area contributed by atoms with Gasteiger partial charge >= 0.3 is 5.97 Å². The molecule has 8 nitrogen and oxygen atoms in total. The molecule has 0 bridgehead atoms. The van der Waals surface area contributed by atoms with Crippen LogP contribution in [0.1, 0.15) is 67.2 Å². The van der Waals surface area contributed by atoms with Crippen LogP contribution < -0.4 is 10.6 Å². The Balaban J connectivity index is 4.67. The van der Waals surface area contributed by atoms with Crippen molar-refractivity contribution in [3.05, 3.63) is 0 Å². The number of aliphatic carboxylic acids is 1. The van der Waals surface area contributed by atoms with Crippen molar-refractivity contribution < 1.29 is 27.9 Å². The summed E-state index contributed by atoms with van der Waals surface area (Å²) in [6.07, 6.45) is 0.0641. The highest BCUT2D eigenvalue weighted by Gasteiger charge is 2.25. The highest BCUT2D eigenvalue weighted by atomic mass is 32.2. The summed E-state index contributed by atoms with van der Waals surface area (Å²) in [7, 11) is -3.34. The van der Waals surface area contributed by atoms with Crippen molar-refractivity contribution in [1.29, 1.82) is 0 Å². The molecular formula is C20H38N2O6S. The second kappa shape index (κ2) is 11.6. The van der Waals surface area contributed by atoms with Crippen LogP contribution in [0, 0.1) is 11.3 Å². The summed E-state index contributed by atoms with van der Waals surface area (Å²) >= 11 is 0. The highest BCUT2D eigenvalue weighted by molar-refractivity contribution is 7.91. The van der Waals surface area contributed by atoms with Crippen molar-refractivity contribution in [1.82, 2.24) is 10.6 Å². The zero-order chi connectivity index (χ0) is 22.9. The van der Waals surface area contributed by atoms with Crippen LogP contribution in [0.15, 0.2) is 0 Å². The van der Waals surface area contributed by atoms with Crippen molar-refractivity contribution in [2.24, 2.45) is 11.3 Å². The molecular weight excluding hydrogens is 396 g/mol. The van der Waals surface area contributed by atoms with Crippen molar-refractivity contribution in [3.8, 4) is 0 Å². The first-order valence-electron chi connectivity index (χ1n) is 9.97. The predicted octanol–water partition coefficient (Wildman–Crippen LogP) is 1.78. The van der Waals surface area contributed by atoms with E-state index in [1.54, 1.807) is 0 Å². The first-order valence-corrected chi connectivity index (χ1v) is 11.8. The maximum atomic E-state index is 12.4. The Bertz CT molecular complexity index is 659. The Labute approximate surface area is 175 Å². The summed E-state index contributed by atoms with van der Waals surface area (Å²) < 4.78 is 24.2. The van der Waals surface area contributed by atoms with E-state index in [0.29, 0.717) is 13.0 Å². The highest BCUT2D eigenvalue weighted by Crippen LogP contribution is 2.22. The minimum Gasteiger partial charge on any atom is -0.481 e. The van der Waals surface area contributed by atoms with Gasteiger partial charge in [-0.1, -0.05) is 20.8 Å². The molecule has 0 fully saturated rings. The van der Waals surface area contributed by atoms with Crippen LogP contribution in [0.3, 0.4) is 0 Å². The summed E-state index contributed by atoms with van der Waals surface area (Å²) in [5.41, 5.74) is -0.402. The van der Waals surface area contributed by atoms with Gasteiger partial charge in [0.1, 0.15) is 5.78 Å². The molecule has 0 aliphatic rings. The fraction of sp³-hybridized carbons (Fsp3) is 0.850. The van der Waals surface area contributed by atoms with Gasteiger partial charge in [-0.2, -0.15) is 0 Å². The maximum absolute atomic E-state index is 12.4. The van der Waals surface area contributed by atoms with Crippen LogP contribution in [-0.4, -0.2) is 61.3 Å². The van der Waals surface area contributed by atoms with E-state index in [9.17, 15) is 22.8 Å². The molecule has 9 heteroatoms. The quantitative estimate of drug-likeness (QED) is 0.403. The Kier molecular flexibility index (Phi) is 11.0. The molecule has 1 amide bonds. The average molecular weight is 435 g/mol. The van der Waals surface area contributed by atoms with Gasteiger partial charge in [0.05, 0.1) is 11.5 Å². The van der Waals surface area contributed by atoms with Crippen LogP contribution >= 0.6 is 0 Å². The molecule has 0 saturated heterocycles. The van der Waals surface area contributed by atoms with Crippen LogP contribution in [0.5, 0.6) is 0 Å². The molecule has 0 aliphatic carbocycles. The van der Waals surface area contributed by atoms with Crippen molar-refractivity contribution in [3.63, 3.8) is 0 Å². The number of carboxylic acid groups (broad SMARTS) is 1.